The summed E-state index contributed by atoms with van der Waals surface area (Å²) < 4.78 is 34.2. The molecule has 3 atom stereocenters. The number of unbranched alkanes of at least 4 members (excludes halogenated alkanes) is 9. The summed E-state index contributed by atoms with van der Waals surface area (Å²) in [7, 11) is 1.39. The average molecular weight is 795 g/mol. The number of esters is 2. The first-order valence-electron chi connectivity index (χ1n) is 20.8. The number of rotatable bonds is 36. The Morgan fingerprint density at radius 3 is 1.84 bits per heavy atom. The topological polar surface area (TPSA) is 129 Å². The van der Waals surface area contributed by atoms with E-state index in [-0.39, 0.29) is 26.1 Å². The van der Waals surface area contributed by atoms with Crippen LogP contribution >= 0.6 is 7.82 Å². The second kappa shape index (κ2) is 35.8. The Kier molecular flexibility index (Phi) is 34.1. The van der Waals surface area contributed by atoms with E-state index in [1.54, 1.807) is 6.08 Å². The minimum atomic E-state index is -4.40. The van der Waals surface area contributed by atoms with Crippen molar-refractivity contribution in [2.24, 2.45) is 0 Å². The molecule has 11 heteroatoms. The van der Waals surface area contributed by atoms with E-state index in [4.69, 9.17) is 18.5 Å². The van der Waals surface area contributed by atoms with Crippen LogP contribution in [0.5, 0.6) is 0 Å². The lowest BCUT2D eigenvalue weighted by Gasteiger charge is -2.24. The zero-order valence-electron chi connectivity index (χ0n) is 35.0. The third-order valence-corrected chi connectivity index (χ3v) is 9.32. The van der Waals surface area contributed by atoms with Crippen LogP contribution in [0.15, 0.2) is 72.9 Å². The van der Waals surface area contributed by atoms with Gasteiger partial charge in [0.05, 0.1) is 33.9 Å². The van der Waals surface area contributed by atoms with Crippen molar-refractivity contribution in [3.63, 3.8) is 0 Å². The molecule has 0 radical (unpaired) electrons. The van der Waals surface area contributed by atoms with Gasteiger partial charge in [0.2, 0.25) is 0 Å². The highest BCUT2D eigenvalue weighted by Gasteiger charge is 2.27. The molecule has 0 fully saturated rings. The molecule has 0 heterocycles. The number of hydrogen-bond acceptors (Lipinski definition) is 8. The molecule has 0 spiro atoms. The Morgan fingerprint density at radius 2 is 1.20 bits per heavy atom. The molecule has 0 aromatic carbocycles. The average Bonchev–Trinajstić information content (AvgIpc) is 3.12. The number of phosphoric acid groups is 1. The molecule has 0 amide bonds. The number of nitrogens with zero attached hydrogens (tertiary/aromatic N) is 1. The highest BCUT2D eigenvalue weighted by atomic mass is 31.2. The number of carbonyl (C=O) groups excluding carboxylic acids is 2. The van der Waals surface area contributed by atoms with Crippen molar-refractivity contribution in [1.29, 1.82) is 0 Å². The molecule has 0 aliphatic rings. The standard InChI is InChI=1S/C44H76NO9P/c1-6-8-10-12-14-15-16-17-18-19-20-21-23-27-32-36-44(48)54-42(40-53-55(49,50)52-38-37-45(3,4)5)39-51-43(47)35-31-28-24-26-30-34-41(46)33-29-25-22-13-11-9-7-2/h8-11,14-15,17-18,22,25,29,33,41-42,46H,6-7,12-13,16,19-21,23-24,26-28,30-32,34-40H2,1-5H3/p+1/b10-8-,11-9+,15-14-,18-17-,25-22+,33-29+/t41?,42-/m1/s1. The number of aliphatic hydroxyl groups is 1. The summed E-state index contributed by atoms with van der Waals surface area (Å²) in [5, 5.41) is 10.1. The van der Waals surface area contributed by atoms with E-state index >= 15 is 0 Å². The molecule has 316 valence electrons. The molecule has 2 unspecified atom stereocenters. The molecule has 0 saturated carbocycles. The normalized spacial score (nSPS) is 15.0. The lowest BCUT2D eigenvalue weighted by molar-refractivity contribution is -0.870. The summed E-state index contributed by atoms with van der Waals surface area (Å²) in [6.45, 7) is 4.02. The Hall–Kier alpha value is -2.59. The highest BCUT2D eigenvalue weighted by Crippen LogP contribution is 2.43. The van der Waals surface area contributed by atoms with E-state index in [2.05, 4.69) is 68.5 Å². The Bertz CT molecular complexity index is 1190. The summed E-state index contributed by atoms with van der Waals surface area (Å²) in [6, 6.07) is 0. The number of hydrogen-bond donors (Lipinski definition) is 2. The van der Waals surface area contributed by atoms with Crippen LogP contribution in [0.3, 0.4) is 0 Å². The van der Waals surface area contributed by atoms with Crippen molar-refractivity contribution >= 4 is 19.8 Å². The number of allylic oxidation sites excluding steroid dienone is 11. The molecule has 0 aliphatic carbocycles. The van der Waals surface area contributed by atoms with Crippen LogP contribution < -0.4 is 0 Å². The summed E-state index contributed by atoms with van der Waals surface area (Å²) in [5.74, 6) is -0.904. The fourth-order valence-electron chi connectivity index (χ4n) is 5.09. The molecule has 0 aliphatic heterocycles. The molecular weight excluding hydrogens is 717 g/mol. The highest BCUT2D eigenvalue weighted by molar-refractivity contribution is 7.47. The van der Waals surface area contributed by atoms with Gasteiger partial charge in [0.15, 0.2) is 6.10 Å². The Balaban J connectivity index is 4.52. The van der Waals surface area contributed by atoms with Gasteiger partial charge in [-0.3, -0.25) is 18.6 Å². The molecule has 2 N–H and O–H groups in total. The van der Waals surface area contributed by atoms with E-state index in [0.717, 1.165) is 89.9 Å². The van der Waals surface area contributed by atoms with Gasteiger partial charge in [-0.2, -0.15) is 0 Å². The maximum absolute atomic E-state index is 12.7. The first kappa shape index (κ1) is 52.4. The quantitative estimate of drug-likeness (QED) is 0.0159. The van der Waals surface area contributed by atoms with E-state index in [1.165, 1.54) is 0 Å². The maximum atomic E-state index is 12.7. The molecule has 0 saturated heterocycles. The van der Waals surface area contributed by atoms with E-state index < -0.39 is 38.6 Å². The first-order valence-corrected chi connectivity index (χ1v) is 22.3. The summed E-state index contributed by atoms with van der Waals surface area (Å²) >= 11 is 0. The number of quaternary nitrogens is 1. The minimum absolute atomic E-state index is 0.00814. The van der Waals surface area contributed by atoms with Crippen molar-refractivity contribution in [1.82, 2.24) is 0 Å². The number of aliphatic hydroxyl groups excluding tert-OH is 1. The lowest BCUT2D eigenvalue weighted by atomic mass is 10.1. The van der Waals surface area contributed by atoms with Crippen LogP contribution in [0, 0.1) is 0 Å². The zero-order valence-corrected chi connectivity index (χ0v) is 35.9. The van der Waals surface area contributed by atoms with Crippen LogP contribution in [-0.4, -0.2) is 86.1 Å². The maximum Gasteiger partial charge on any atom is 0.472 e. The fourth-order valence-corrected chi connectivity index (χ4v) is 5.83. The molecule has 55 heavy (non-hydrogen) atoms. The van der Waals surface area contributed by atoms with Crippen molar-refractivity contribution in [2.75, 3.05) is 47.5 Å². The van der Waals surface area contributed by atoms with Crippen molar-refractivity contribution in [2.45, 2.75) is 148 Å². The Labute approximate surface area is 334 Å². The van der Waals surface area contributed by atoms with Crippen LogP contribution in [0.2, 0.25) is 0 Å². The molecular formula is C44H77NO9P+. The second-order valence-corrected chi connectivity index (χ2v) is 16.3. The van der Waals surface area contributed by atoms with Crippen molar-refractivity contribution < 1.29 is 47.2 Å². The number of ether oxygens (including phenoxy) is 2. The van der Waals surface area contributed by atoms with Crippen LogP contribution in [0.25, 0.3) is 0 Å². The monoisotopic (exact) mass is 795 g/mol. The van der Waals surface area contributed by atoms with Gasteiger partial charge < -0.3 is 24.0 Å². The van der Waals surface area contributed by atoms with E-state index in [1.807, 2.05) is 33.3 Å². The van der Waals surface area contributed by atoms with Crippen molar-refractivity contribution in [3.8, 4) is 0 Å². The summed E-state index contributed by atoms with van der Waals surface area (Å²) in [4.78, 5) is 35.3. The van der Waals surface area contributed by atoms with E-state index in [9.17, 15) is 24.2 Å². The van der Waals surface area contributed by atoms with Gasteiger partial charge in [-0.15, -0.1) is 0 Å². The van der Waals surface area contributed by atoms with Gasteiger partial charge in [-0.05, 0) is 64.2 Å². The fraction of sp³-hybridized carbons (Fsp3) is 0.682. The predicted octanol–water partition coefficient (Wildman–Crippen LogP) is 10.4. The van der Waals surface area contributed by atoms with Crippen LogP contribution in [0.4, 0.5) is 0 Å². The molecule has 0 rings (SSSR count). The zero-order chi connectivity index (χ0) is 40.9. The summed E-state index contributed by atoms with van der Waals surface area (Å²) in [6.07, 6.45) is 39.7. The summed E-state index contributed by atoms with van der Waals surface area (Å²) in [5.41, 5.74) is 0. The minimum Gasteiger partial charge on any atom is -0.462 e. The van der Waals surface area contributed by atoms with Gasteiger partial charge >= 0.3 is 19.8 Å². The Morgan fingerprint density at radius 1 is 0.655 bits per heavy atom. The number of carbonyl (C=O) groups is 2. The first-order chi connectivity index (χ1) is 26.4. The molecule has 0 bridgehead atoms. The number of phosphoric ester groups is 1. The van der Waals surface area contributed by atoms with Gasteiger partial charge in [0.1, 0.15) is 19.8 Å². The molecule has 0 aromatic rings. The second-order valence-electron chi connectivity index (χ2n) is 14.8. The smallest absolute Gasteiger partial charge is 0.462 e. The predicted molar refractivity (Wildman–Crippen MR) is 225 cm³/mol. The van der Waals surface area contributed by atoms with E-state index in [0.29, 0.717) is 30.3 Å². The van der Waals surface area contributed by atoms with Crippen LogP contribution in [0.1, 0.15) is 136 Å². The van der Waals surface area contributed by atoms with Gasteiger partial charge in [0, 0.05) is 12.8 Å². The van der Waals surface area contributed by atoms with Gasteiger partial charge in [-0.1, -0.05) is 132 Å². The molecule has 10 nitrogen and oxygen atoms in total. The third-order valence-electron chi connectivity index (χ3n) is 8.34. The van der Waals surface area contributed by atoms with Crippen molar-refractivity contribution in [3.05, 3.63) is 72.9 Å². The largest absolute Gasteiger partial charge is 0.472 e. The van der Waals surface area contributed by atoms with Crippen LogP contribution in [-0.2, 0) is 32.7 Å². The third kappa shape index (κ3) is 39.4. The SMILES string of the molecule is CC/C=C\C/C=C\C/C=C\CCCCCCCC(=O)O[C@H](COC(=O)CCCCCCCC(O)/C=C/C=C/C/C=C/CC)COP(=O)(O)OCC[N+](C)(C)C. The lowest BCUT2D eigenvalue weighted by Crippen LogP contribution is -2.37. The molecule has 0 aromatic heterocycles. The number of likely N-dealkylation sites (N-methyl/N-ethyl adjacent to an activating group) is 1. The van der Waals surface area contributed by atoms with Gasteiger partial charge in [0.25, 0.3) is 0 Å². The van der Waals surface area contributed by atoms with Gasteiger partial charge in [-0.25, -0.2) is 4.57 Å².